The SMILES string of the molecule is c1ccc(-n2c3ccccc3c3ccc(-c4cccc(-c5cccc(N(c6cccc7c6sc6ccccc67)c6cccc7c6sc6ccccc67)c5)c4)cc32)cc1. The lowest BCUT2D eigenvalue weighted by Gasteiger charge is -2.27. The lowest BCUT2D eigenvalue weighted by Crippen LogP contribution is -2.10. The van der Waals surface area contributed by atoms with Gasteiger partial charge in [0, 0.05) is 53.1 Å². The van der Waals surface area contributed by atoms with Crippen LogP contribution in [-0.2, 0) is 0 Å². The quantitative estimate of drug-likeness (QED) is 0.163. The topological polar surface area (TPSA) is 8.17 Å². The summed E-state index contributed by atoms with van der Waals surface area (Å²) in [6.07, 6.45) is 0. The van der Waals surface area contributed by atoms with E-state index in [1.54, 1.807) is 0 Å². The molecule has 0 N–H and O–H groups in total. The number of nitrogens with zero attached hydrogens (tertiary/aromatic N) is 2. The highest BCUT2D eigenvalue weighted by atomic mass is 32.1. The third kappa shape index (κ3) is 5.23. The van der Waals surface area contributed by atoms with Crippen molar-refractivity contribution in [2.24, 2.45) is 0 Å². The van der Waals surface area contributed by atoms with Crippen LogP contribution in [0.5, 0.6) is 0 Å². The molecule has 272 valence electrons. The zero-order valence-electron chi connectivity index (χ0n) is 31.3. The summed E-state index contributed by atoms with van der Waals surface area (Å²) < 4.78 is 7.58. The largest absolute Gasteiger partial charge is 0.309 e. The van der Waals surface area contributed by atoms with E-state index in [1.807, 2.05) is 22.7 Å². The summed E-state index contributed by atoms with van der Waals surface area (Å²) in [5.74, 6) is 0. The molecule has 3 aromatic heterocycles. The summed E-state index contributed by atoms with van der Waals surface area (Å²) >= 11 is 3.76. The van der Waals surface area contributed by atoms with Crippen LogP contribution in [0.4, 0.5) is 17.1 Å². The summed E-state index contributed by atoms with van der Waals surface area (Å²) in [6, 6.07) is 75.6. The minimum absolute atomic E-state index is 1.13. The van der Waals surface area contributed by atoms with Crippen molar-refractivity contribution in [2.75, 3.05) is 4.90 Å². The fraction of sp³-hybridized carbons (Fsp3) is 0. The van der Waals surface area contributed by atoms with Crippen molar-refractivity contribution in [3.63, 3.8) is 0 Å². The first-order chi connectivity index (χ1) is 28.8. The van der Waals surface area contributed by atoms with Gasteiger partial charge in [-0.3, -0.25) is 0 Å². The molecule has 0 fully saturated rings. The van der Waals surface area contributed by atoms with Crippen LogP contribution in [0.1, 0.15) is 0 Å². The van der Waals surface area contributed by atoms with Gasteiger partial charge in [-0.15, -0.1) is 22.7 Å². The Morgan fingerprint density at radius 1 is 0.328 bits per heavy atom. The van der Waals surface area contributed by atoms with Crippen molar-refractivity contribution in [3.8, 4) is 27.9 Å². The predicted octanol–water partition coefficient (Wildman–Crippen LogP) is 16.3. The maximum atomic E-state index is 2.50. The standard InChI is InChI=1S/C54H34N2S2/c1-2-17-39(18-3-1)55-47-25-7-4-20-41(47)42-31-30-38(34-50(42)55)36-15-10-14-35(32-36)37-16-11-19-40(33-37)56(48-26-12-23-45-43-21-5-8-28-51(43)57-53(45)48)49-27-13-24-46-44-22-6-9-29-52(44)58-54(46)49/h1-34H. The fourth-order valence-electron chi connectivity index (χ4n) is 8.93. The van der Waals surface area contributed by atoms with Crippen LogP contribution >= 0.6 is 22.7 Å². The van der Waals surface area contributed by atoms with Gasteiger partial charge in [0.1, 0.15) is 0 Å². The average Bonchev–Trinajstić information content (AvgIpc) is 3.97. The summed E-state index contributed by atoms with van der Waals surface area (Å²) in [4.78, 5) is 2.50. The molecule has 0 unspecified atom stereocenters. The molecule has 0 atom stereocenters. The molecule has 9 aromatic carbocycles. The number of hydrogen-bond acceptors (Lipinski definition) is 3. The third-order valence-corrected chi connectivity index (χ3v) is 14.0. The van der Waals surface area contributed by atoms with Crippen molar-refractivity contribution in [1.82, 2.24) is 4.57 Å². The van der Waals surface area contributed by atoms with Gasteiger partial charge in [-0.05, 0) is 89.0 Å². The van der Waals surface area contributed by atoms with Crippen LogP contribution in [0.25, 0.3) is 90.1 Å². The van der Waals surface area contributed by atoms with E-state index < -0.39 is 0 Å². The summed E-state index contributed by atoms with van der Waals surface area (Å²) in [7, 11) is 0. The number of hydrogen-bond donors (Lipinski definition) is 0. The number of benzene rings is 9. The molecule has 12 aromatic rings. The van der Waals surface area contributed by atoms with Crippen LogP contribution in [-0.4, -0.2) is 4.57 Å². The Balaban J connectivity index is 1.02. The fourth-order valence-corrected chi connectivity index (χ4v) is 11.3. The molecule has 0 spiro atoms. The minimum Gasteiger partial charge on any atom is -0.309 e. The highest BCUT2D eigenvalue weighted by molar-refractivity contribution is 7.27. The van der Waals surface area contributed by atoms with Gasteiger partial charge in [-0.25, -0.2) is 0 Å². The van der Waals surface area contributed by atoms with Crippen LogP contribution in [0.3, 0.4) is 0 Å². The maximum absolute atomic E-state index is 2.50. The van der Waals surface area contributed by atoms with Gasteiger partial charge in [0.15, 0.2) is 0 Å². The summed E-state index contributed by atoms with van der Waals surface area (Å²) in [5.41, 5.74) is 11.8. The van der Waals surface area contributed by atoms with E-state index in [9.17, 15) is 0 Å². The van der Waals surface area contributed by atoms with E-state index >= 15 is 0 Å². The Hall–Kier alpha value is -6.98. The molecule has 0 radical (unpaired) electrons. The first kappa shape index (κ1) is 33.2. The van der Waals surface area contributed by atoms with Gasteiger partial charge in [0.25, 0.3) is 0 Å². The Morgan fingerprint density at radius 3 is 1.50 bits per heavy atom. The second-order valence-electron chi connectivity index (χ2n) is 14.9. The monoisotopic (exact) mass is 774 g/mol. The molecule has 2 nitrogen and oxygen atoms in total. The first-order valence-corrected chi connectivity index (χ1v) is 21.3. The zero-order valence-corrected chi connectivity index (χ0v) is 33.0. The lowest BCUT2D eigenvalue weighted by atomic mass is 9.97. The number of rotatable bonds is 6. The molecule has 0 aliphatic rings. The van der Waals surface area contributed by atoms with E-state index in [0.717, 1.165) is 5.69 Å². The summed E-state index contributed by atoms with van der Waals surface area (Å²) in [6.45, 7) is 0. The molecule has 12 rings (SSSR count). The average molecular weight is 775 g/mol. The zero-order chi connectivity index (χ0) is 38.2. The van der Waals surface area contributed by atoms with Crippen LogP contribution < -0.4 is 4.90 Å². The van der Waals surface area contributed by atoms with Gasteiger partial charge in [-0.1, -0.05) is 140 Å². The Labute approximate surface area is 343 Å². The number of thiophene rings is 2. The molecule has 0 aliphatic heterocycles. The first-order valence-electron chi connectivity index (χ1n) is 19.7. The normalized spacial score (nSPS) is 11.8. The molecule has 0 amide bonds. The number of anilines is 3. The Kier molecular flexibility index (Phi) is 7.62. The highest BCUT2D eigenvalue weighted by Crippen LogP contribution is 2.49. The third-order valence-electron chi connectivity index (χ3n) is 11.6. The molecule has 4 heteroatoms. The lowest BCUT2D eigenvalue weighted by molar-refractivity contribution is 1.18. The number of aromatic nitrogens is 1. The molecule has 58 heavy (non-hydrogen) atoms. The second-order valence-corrected chi connectivity index (χ2v) is 17.0. The van der Waals surface area contributed by atoms with Crippen LogP contribution in [0.15, 0.2) is 206 Å². The summed E-state index contributed by atoms with van der Waals surface area (Å²) in [5, 5.41) is 7.71. The van der Waals surface area contributed by atoms with E-state index in [4.69, 9.17) is 0 Å². The van der Waals surface area contributed by atoms with Crippen molar-refractivity contribution >= 4 is 102 Å². The Morgan fingerprint density at radius 2 is 0.828 bits per heavy atom. The van der Waals surface area contributed by atoms with Gasteiger partial charge in [0.05, 0.1) is 31.8 Å². The van der Waals surface area contributed by atoms with E-state index in [-0.39, 0.29) is 0 Å². The highest BCUT2D eigenvalue weighted by Gasteiger charge is 2.22. The van der Waals surface area contributed by atoms with Crippen molar-refractivity contribution in [1.29, 1.82) is 0 Å². The van der Waals surface area contributed by atoms with Gasteiger partial charge in [-0.2, -0.15) is 0 Å². The van der Waals surface area contributed by atoms with Crippen LogP contribution in [0, 0.1) is 0 Å². The smallest absolute Gasteiger partial charge is 0.0640 e. The van der Waals surface area contributed by atoms with Crippen molar-refractivity contribution < 1.29 is 0 Å². The molecular formula is C54H34N2S2. The number of para-hydroxylation sites is 2. The Bertz CT molecular complexity index is 3420. The van der Waals surface area contributed by atoms with E-state index in [0.29, 0.717) is 0 Å². The molecule has 0 saturated heterocycles. The maximum Gasteiger partial charge on any atom is 0.0640 e. The molecule has 0 bridgehead atoms. The molecule has 3 heterocycles. The van der Waals surface area contributed by atoms with Gasteiger partial charge in [0.2, 0.25) is 0 Å². The van der Waals surface area contributed by atoms with E-state index in [1.165, 1.54) is 101 Å². The van der Waals surface area contributed by atoms with Gasteiger partial charge < -0.3 is 9.47 Å². The van der Waals surface area contributed by atoms with Crippen molar-refractivity contribution in [2.45, 2.75) is 0 Å². The molecule has 0 aliphatic carbocycles. The second kappa shape index (κ2) is 13.3. The molecule has 0 saturated carbocycles. The van der Waals surface area contributed by atoms with Crippen molar-refractivity contribution in [3.05, 3.63) is 206 Å². The number of fused-ring (bicyclic) bond motifs is 9. The van der Waals surface area contributed by atoms with Gasteiger partial charge >= 0.3 is 0 Å². The molecular weight excluding hydrogens is 741 g/mol. The predicted molar refractivity (Wildman–Crippen MR) is 252 cm³/mol. The van der Waals surface area contributed by atoms with E-state index in [2.05, 4.69) is 216 Å². The van der Waals surface area contributed by atoms with Crippen LogP contribution in [0.2, 0.25) is 0 Å². The minimum atomic E-state index is 1.13.